The maximum atomic E-state index is 5.88. The summed E-state index contributed by atoms with van der Waals surface area (Å²) in [5, 5.41) is 8.13. The summed E-state index contributed by atoms with van der Waals surface area (Å²) < 4.78 is 5.81. The quantitative estimate of drug-likeness (QED) is 0.568. The SMILES string of the molecule is C=Cc1ccc(CCOc2cc(-c3ccccc3)nnc2N)cc1.CC.CC. The summed E-state index contributed by atoms with van der Waals surface area (Å²) in [6, 6.07) is 19.9. The second kappa shape index (κ2) is 13.1. The van der Waals surface area contributed by atoms with Gasteiger partial charge >= 0.3 is 0 Å². The summed E-state index contributed by atoms with van der Waals surface area (Å²) in [7, 11) is 0. The van der Waals surface area contributed by atoms with E-state index < -0.39 is 0 Å². The molecule has 1 aromatic heterocycles. The Balaban J connectivity index is 0.000000921. The first-order chi connectivity index (χ1) is 13.8. The smallest absolute Gasteiger partial charge is 0.188 e. The third-order valence-electron chi connectivity index (χ3n) is 3.72. The standard InChI is InChI=1S/C20H19N3O.2C2H6/c1-2-15-8-10-16(11-9-15)12-13-24-19-14-18(22-23-20(19)21)17-6-4-3-5-7-17;2*1-2/h2-11,14H,1,12-13H2,(H2,21,23);2*1-2H3. The fraction of sp³-hybridized carbons (Fsp3) is 0.250. The van der Waals surface area contributed by atoms with Crippen molar-refractivity contribution in [2.75, 3.05) is 12.3 Å². The van der Waals surface area contributed by atoms with Gasteiger partial charge in [0.1, 0.15) is 0 Å². The predicted octanol–water partition coefficient (Wildman–Crippen LogP) is 6.04. The van der Waals surface area contributed by atoms with Gasteiger partial charge in [-0.2, -0.15) is 0 Å². The van der Waals surface area contributed by atoms with Gasteiger partial charge in [0, 0.05) is 18.1 Å². The van der Waals surface area contributed by atoms with Crippen molar-refractivity contribution in [3.63, 3.8) is 0 Å². The van der Waals surface area contributed by atoms with Gasteiger partial charge in [-0.1, -0.05) is 94.9 Å². The van der Waals surface area contributed by atoms with Gasteiger partial charge in [-0.15, -0.1) is 10.2 Å². The first kappa shape index (κ1) is 22.9. The highest BCUT2D eigenvalue weighted by molar-refractivity contribution is 5.62. The van der Waals surface area contributed by atoms with Crippen LogP contribution in [0.4, 0.5) is 5.82 Å². The van der Waals surface area contributed by atoms with Crippen LogP contribution in [0.5, 0.6) is 5.75 Å². The molecule has 28 heavy (non-hydrogen) atoms. The first-order valence-corrected chi connectivity index (χ1v) is 9.79. The van der Waals surface area contributed by atoms with Crippen LogP contribution in [-0.2, 0) is 6.42 Å². The molecule has 3 aromatic rings. The Morgan fingerprint density at radius 3 is 2.18 bits per heavy atom. The van der Waals surface area contributed by atoms with Gasteiger partial charge in [-0.05, 0) is 11.1 Å². The van der Waals surface area contributed by atoms with Gasteiger partial charge in [0.05, 0.1) is 12.3 Å². The summed E-state index contributed by atoms with van der Waals surface area (Å²) >= 11 is 0. The Labute approximate surface area is 169 Å². The van der Waals surface area contributed by atoms with Crippen molar-refractivity contribution >= 4 is 11.9 Å². The minimum atomic E-state index is 0.302. The van der Waals surface area contributed by atoms with Crippen molar-refractivity contribution in [1.82, 2.24) is 10.2 Å². The Kier molecular flexibility index (Phi) is 10.7. The molecule has 0 unspecified atom stereocenters. The number of nitrogens with two attached hydrogens (primary N) is 1. The lowest BCUT2D eigenvalue weighted by molar-refractivity contribution is 0.322. The molecule has 0 atom stereocenters. The number of aromatic nitrogens is 2. The minimum Gasteiger partial charge on any atom is -0.489 e. The molecule has 2 N–H and O–H groups in total. The minimum absolute atomic E-state index is 0.302. The maximum Gasteiger partial charge on any atom is 0.188 e. The van der Waals surface area contributed by atoms with Crippen LogP contribution in [0.2, 0.25) is 0 Å². The van der Waals surface area contributed by atoms with E-state index in [9.17, 15) is 0 Å². The van der Waals surface area contributed by atoms with Crippen LogP contribution >= 0.6 is 0 Å². The zero-order valence-electron chi connectivity index (χ0n) is 17.4. The summed E-state index contributed by atoms with van der Waals surface area (Å²) in [6.45, 7) is 12.3. The van der Waals surface area contributed by atoms with Crippen LogP contribution in [0.1, 0.15) is 38.8 Å². The number of rotatable bonds is 6. The van der Waals surface area contributed by atoms with Crippen LogP contribution in [0.15, 0.2) is 67.2 Å². The van der Waals surface area contributed by atoms with Crippen molar-refractivity contribution in [1.29, 1.82) is 0 Å². The molecule has 3 rings (SSSR count). The number of hydrogen-bond donors (Lipinski definition) is 1. The monoisotopic (exact) mass is 377 g/mol. The Morgan fingerprint density at radius 1 is 0.929 bits per heavy atom. The molecule has 0 saturated heterocycles. The summed E-state index contributed by atoms with van der Waals surface area (Å²) in [6.07, 6.45) is 2.62. The molecular weight excluding hydrogens is 346 g/mol. The van der Waals surface area contributed by atoms with Gasteiger partial charge in [0.2, 0.25) is 0 Å². The van der Waals surface area contributed by atoms with Crippen molar-refractivity contribution in [3.05, 3.63) is 78.4 Å². The zero-order chi connectivity index (χ0) is 20.8. The molecule has 2 aromatic carbocycles. The second-order valence-corrected chi connectivity index (χ2v) is 5.39. The molecular formula is C24H31N3O. The number of ether oxygens (including phenoxy) is 1. The molecule has 148 valence electrons. The summed E-state index contributed by atoms with van der Waals surface area (Å²) in [4.78, 5) is 0. The van der Waals surface area contributed by atoms with E-state index in [2.05, 4.69) is 28.9 Å². The topological polar surface area (TPSA) is 61.0 Å². The molecule has 0 aliphatic heterocycles. The average molecular weight is 378 g/mol. The van der Waals surface area contributed by atoms with Crippen LogP contribution < -0.4 is 10.5 Å². The van der Waals surface area contributed by atoms with Gasteiger partial charge in [-0.25, -0.2) is 0 Å². The number of nitrogens with zero attached hydrogens (tertiary/aromatic N) is 2. The molecule has 0 radical (unpaired) electrons. The van der Waals surface area contributed by atoms with Gasteiger partial charge < -0.3 is 10.5 Å². The lowest BCUT2D eigenvalue weighted by Gasteiger charge is -2.09. The maximum absolute atomic E-state index is 5.88. The molecule has 0 saturated carbocycles. The fourth-order valence-corrected chi connectivity index (χ4v) is 2.35. The lowest BCUT2D eigenvalue weighted by atomic mass is 10.1. The van der Waals surface area contributed by atoms with E-state index in [0.29, 0.717) is 18.2 Å². The van der Waals surface area contributed by atoms with Crippen LogP contribution in [0, 0.1) is 0 Å². The third kappa shape index (κ3) is 6.88. The van der Waals surface area contributed by atoms with E-state index in [4.69, 9.17) is 10.5 Å². The van der Waals surface area contributed by atoms with Gasteiger partial charge in [-0.3, -0.25) is 0 Å². The molecule has 0 bridgehead atoms. The lowest BCUT2D eigenvalue weighted by Crippen LogP contribution is -2.06. The molecule has 0 amide bonds. The Morgan fingerprint density at radius 2 is 1.57 bits per heavy atom. The highest BCUT2D eigenvalue weighted by Gasteiger charge is 2.07. The largest absolute Gasteiger partial charge is 0.489 e. The molecule has 0 spiro atoms. The van der Waals surface area contributed by atoms with Crippen molar-refractivity contribution in [2.45, 2.75) is 34.1 Å². The molecule has 0 aliphatic carbocycles. The third-order valence-corrected chi connectivity index (χ3v) is 3.72. The van der Waals surface area contributed by atoms with E-state index in [-0.39, 0.29) is 0 Å². The number of nitrogen functional groups attached to an aromatic ring is 1. The average Bonchev–Trinajstić information content (AvgIpc) is 2.79. The summed E-state index contributed by atoms with van der Waals surface area (Å²) in [5.74, 6) is 0.864. The van der Waals surface area contributed by atoms with Gasteiger partial charge in [0.15, 0.2) is 11.6 Å². The van der Waals surface area contributed by atoms with Crippen molar-refractivity contribution < 1.29 is 4.74 Å². The normalized spacial score (nSPS) is 9.29. The van der Waals surface area contributed by atoms with E-state index >= 15 is 0 Å². The van der Waals surface area contributed by atoms with Crippen LogP contribution in [0.3, 0.4) is 0 Å². The number of anilines is 1. The molecule has 4 heteroatoms. The second-order valence-electron chi connectivity index (χ2n) is 5.39. The van der Waals surface area contributed by atoms with E-state index in [1.807, 2.05) is 82.3 Å². The zero-order valence-corrected chi connectivity index (χ0v) is 17.4. The molecule has 0 fully saturated rings. The Hall–Kier alpha value is -3.14. The van der Waals surface area contributed by atoms with Crippen molar-refractivity contribution in [2.24, 2.45) is 0 Å². The molecule has 1 heterocycles. The van der Waals surface area contributed by atoms with Crippen molar-refractivity contribution in [3.8, 4) is 17.0 Å². The number of hydrogen-bond acceptors (Lipinski definition) is 4. The van der Waals surface area contributed by atoms with Gasteiger partial charge in [0.25, 0.3) is 0 Å². The fourth-order valence-electron chi connectivity index (χ4n) is 2.35. The van der Waals surface area contributed by atoms with Crippen LogP contribution in [-0.4, -0.2) is 16.8 Å². The van der Waals surface area contributed by atoms with E-state index in [1.165, 1.54) is 5.56 Å². The van der Waals surface area contributed by atoms with Crippen LogP contribution in [0.25, 0.3) is 17.3 Å². The molecule has 0 aliphatic rings. The highest BCUT2D eigenvalue weighted by atomic mass is 16.5. The van der Waals surface area contributed by atoms with E-state index in [1.54, 1.807) is 0 Å². The number of benzene rings is 2. The highest BCUT2D eigenvalue weighted by Crippen LogP contribution is 2.24. The summed E-state index contributed by atoms with van der Waals surface area (Å²) in [5.41, 5.74) is 9.91. The van der Waals surface area contributed by atoms with E-state index in [0.717, 1.165) is 23.2 Å². The predicted molar refractivity (Wildman–Crippen MR) is 120 cm³/mol. The first-order valence-electron chi connectivity index (χ1n) is 9.79. The molecule has 4 nitrogen and oxygen atoms in total. The Bertz CT molecular complexity index is 815.